The Hall–Kier alpha value is -0.458. The van der Waals surface area contributed by atoms with Crippen LogP contribution in [0.3, 0.4) is 0 Å². The number of carbonyl (C=O) groups excluding carboxylic acids is 1. The Kier molecular flexibility index (Phi) is 15.0. The summed E-state index contributed by atoms with van der Waals surface area (Å²) in [6.45, 7) is 7.42. The molecule has 0 aromatic carbocycles. The average Bonchev–Trinajstić information content (AvgIpc) is 3.10. The van der Waals surface area contributed by atoms with Crippen molar-refractivity contribution in [2.45, 2.75) is 69.1 Å². The van der Waals surface area contributed by atoms with E-state index in [0.717, 1.165) is 44.4 Å². The Labute approximate surface area is 177 Å². The van der Waals surface area contributed by atoms with E-state index in [-0.39, 0.29) is 18.5 Å². The molecule has 1 heterocycles. The first-order chi connectivity index (χ1) is 13.2. The molecule has 1 N–H and O–H groups in total. The molecule has 154 valence electrons. The van der Waals surface area contributed by atoms with Gasteiger partial charge in [0, 0.05) is 6.61 Å². The first kappa shape index (κ1) is 24.6. The molecular weight excluding hydrogens is 574 g/mol. The van der Waals surface area contributed by atoms with E-state index in [9.17, 15) is 4.79 Å². The molecule has 9 heteroatoms. The number of hydrogen-bond donors (Lipinski definition) is 1. The van der Waals surface area contributed by atoms with E-state index in [4.69, 9.17) is 11.7 Å². The molecule has 1 aromatic rings. The van der Waals surface area contributed by atoms with Gasteiger partial charge in [-0.05, 0) is 13.3 Å². The maximum atomic E-state index is 12.2. The minimum absolute atomic E-state index is 0.0458. The quantitative estimate of drug-likeness (QED) is 0.274. The van der Waals surface area contributed by atoms with Gasteiger partial charge in [-0.3, -0.25) is 4.79 Å². The molecule has 0 aliphatic carbocycles. The van der Waals surface area contributed by atoms with Crippen molar-refractivity contribution in [2.24, 2.45) is 0 Å². The second-order valence-electron chi connectivity index (χ2n) is 6.29. The van der Waals surface area contributed by atoms with Crippen LogP contribution in [0.5, 0.6) is 0 Å². The van der Waals surface area contributed by atoms with E-state index in [0.29, 0.717) is 26.4 Å². The zero-order valence-corrected chi connectivity index (χ0v) is 21.1. The summed E-state index contributed by atoms with van der Waals surface area (Å²) in [6.07, 6.45) is 6.87. The zero-order valence-electron chi connectivity index (χ0n) is 16.9. The summed E-state index contributed by atoms with van der Waals surface area (Å²) in [6, 6.07) is 0.0458. The van der Waals surface area contributed by atoms with Crippen LogP contribution in [0.4, 0.5) is 0 Å². The van der Waals surface area contributed by atoms with E-state index in [1.165, 1.54) is 0 Å². The molecule has 8 nitrogen and oxygen atoms in total. The number of carbonyl (C=O) groups is 1. The molecule has 27 heavy (non-hydrogen) atoms. The normalized spacial score (nSPS) is 12.0. The fourth-order valence-electron chi connectivity index (χ4n) is 2.47. The predicted molar refractivity (Wildman–Crippen MR) is 98.7 cm³/mol. The SMILES string of the molecule is CCCCC(COCC)NC(=O)Cn1cc(COCCCC[O][U][CH3])nn1. The summed E-state index contributed by atoms with van der Waals surface area (Å²) in [5.41, 5.74) is 0.737. The van der Waals surface area contributed by atoms with Crippen LogP contribution in [0.15, 0.2) is 6.20 Å². The first-order valence-electron chi connectivity index (χ1n) is 9.81. The van der Waals surface area contributed by atoms with Gasteiger partial charge in [-0.25, -0.2) is 0 Å². The molecule has 1 aromatic heterocycles. The van der Waals surface area contributed by atoms with Crippen LogP contribution in [-0.4, -0.2) is 53.4 Å². The number of nitrogens with zero attached hydrogens (tertiary/aromatic N) is 3. The number of aromatic nitrogens is 3. The summed E-state index contributed by atoms with van der Waals surface area (Å²) in [4.78, 5) is 12.2. The third kappa shape index (κ3) is 12.6. The number of amides is 1. The van der Waals surface area contributed by atoms with Crippen molar-refractivity contribution in [3.8, 4) is 0 Å². The van der Waals surface area contributed by atoms with Crippen LogP contribution >= 0.6 is 0 Å². The Morgan fingerprint density at radius 2 is 2.07 bits per heavy atom. The number of ether oxygens (including phenoxy) is 2. The Bertz CT molecular complexity index is 493. The first-order valence-corrected chi connectivity index (χ1v) is 15.7. The molecule has 0 aliphatic heterocycles. The maximum absolute atomic E-state index is 12.2. The number of rotatable bonds is 17. The van der Waals surface area contributed by atoms with Crippen LogP contribution in [0, 0.1) is 28.2 Å². The molecule has 0 aliphatic rings. The molecule has 0 radical (unpaired) electrons. The minimum atomic E-state index is -0.821. The average molecular weight is 609 g/mol. The van der Waals surface area contributed by atoms with Gasteiger partial charge in [0.2, 0.25) is 0 Å². The molecule has 0 bridgehead atoms. The van der Waals surface area contributed by atoms with Crippen molar-refractivity contribution in [3.05, 3.63) is 11.9 Å². The third-order valence-corrected chi connectivity index (χ3v) is 5.92. The molecule has 0 spiro atoms. The second-order valence-corrected chi connectivity index (χ2v) is 9.19. The third-order valence-electron chi connectivity index (χ3n) is 3.87. The van der Waals surface area contributed by atoms with Crippen LogP contribution < -0.4 is 5.32 Å². The van der Waals surface area contributed by atoms with Gasteiger partial charge in [0.25, 0.3) is 0 Å². The van der Waals surface area contributed by atoms with E-state index < -0.39 is 28.2 Å². The summed E-state index contributed by atoms with van der Waals surface area (Å²) < 4.78 is 20.3. The molecule has 1 unspecified atom stereocenters. The summed E-state index contributed by atoms with van der Waals surface area (Å²) in [5.74, 6) is -0.0746. The molecule has 1 amide bonds. The van der Waals surface area contributed by atoms with Crippen LogP contribution in [-0.2, 0) is 29.7 Å². The molecule has 1 rings (SSSR count). The number of hydrogen-bond acceptors (Lipinski definition) is 6. The van der Waals surface area contributed by atoms with Crippen molar-refractivity contribution in [3.63, 3.8) is 0 Å². The number of nitrogens with one attached hydrogen (secondary N) is 1. The standard InChI is InChI=1S/C17H31N4O4.CH3.U/c1-3-5-8-15(13-24-4-2)18-17(23)12-21-11-16(19-20-21)14-25-10-7-6-9-22;;/h11,15H,3-10,12-14H2,1-2H3,(H,18,23);1H3;/q-1;;+1. The van der Waals surface area contributed by atoms with E-state index in [2.05, 4.69) is 26.5 Å². The van der Waals surface area contributed by atoms with E-state index >= 15 is 0 Å². The fraction of sp³-hybridized carbons (Fsp3) is 0.833. The second kappa shape index (κ2) is 16.5. The monoisotopic (exact) mass is 608 g/mol. The zero-order chi connectivity index (χ0) is 19.7. The summed E-state index contributed by atoms with van der Waals surface area (Å²) in [5, 5.41) is 11.1. The van der Waals surface area contributed by atoms with Crippen molar-refractivity contribution in [1.82, 2.24) is 20.3 Å². The number of unbranched alkanes of at least 4 members (excludes halogenated alkanes) is 2. The van der Waals surface area contributed by atoms with Crippen LogP contribution in [0.1, 0.15) is 51.6 Å². The van der Waals surface area contributed by atoms with Gasteiger partial charge in [-0.1, -0.05) is 19.8 Å². The molecule has 0 saturated carbocycles. The van der Waals surface area contributed by atoms with Gasteiger partial charge in [-0.2, -0.15) is 0 Å². The molecule has 1 atom stereocenters. The van der Waals surface area contributed by atoms with Gasteiger partial charge >= 0.3 is 111 Å². The Balaban J connectivity index is 2.27. The predicted octanol–water partition coefficient (Wildman–Crippen LogP) is 2.35. The van der Waals surface area contributed by atoms with Gasteiger partial charge in [0.1, 0.15) is 0 Å². The van der Waals surface area contributed by atoms with Gasteiger partial charge < -0.3 is 10.1 Å². The van der Waals surface area contributed by atoms with E-state index in [1.54, 1.807) is 10.9 Å². The van der Waals surface area contributed by atoms with Crippen LogP contribution in [0.2, 0.25) is 3.96 Å². The van der Waals surface area contributed by atoms with Crippen molar-refractivity contribution in [2.75, 3.05) is 26.4 Å². The van der Waals surface area contributed by atoms with Gasteiger partial charge in [0.05, 0.1) is 12.6 Å². The van der Waals surface area contributed by atoms with Crippen molar-refractivity contribution >= 4 is 5.91 Å². The summed E-state index contributed by atoms with van der Waals surface area (Å²) >= 11 is -0.821. The topological polar surface area (TPSA) is 87.5 Å². The van der Waals surface area contributed by atoms with Gasteiger partial charge in [0.15, 0.2) is 0 Å². The van der Waals surface area contributed by atoms with Crippen molar-refractivity contribution in [1.29, 1.82) is 0 Å². The van der Waals surface area contributed by atoms with E-state index in [1.807, 2.05) is 6.92 Å². The summed E-state index contributed by atoms with van der Waals surface area (Å²) in [7, 11) is 0. The fourth-order valence-corrected chi connectivity index (χ4v) is 3.92. The van der Waals surface area contributed by atoms with Crippen molar-refractivity contribution < 1.29 is 44.7 Å². The Morgan fingerprint density at radius 3 is 2.81 bits per heavy atom. The Morgan fingerprint density at radius 1 is 1.26 bits per heavy atom. The molecule has 0 fully saturated rings. The van der Waals surface area contributed by atoms with Crippen LogP contribution in [0.25, 0.3) is 0 Å². The van der Waals surface area contributed by atoms with Gasteiger partial charge in [-0.15, -0.1) is 0 Å². The molecular formula is C18H34N4O4U. The molecule has 0 saturated heterocycles.